The molecule has 1 amide bonds. The largest absolute Gasteiger partial charge is 0.466 e. The molecular weight excluding hydrogens is 182 g/mol. The quantitative estimate of drug-likeness (QED) is 0.655. The van der Waals surface area contributed by atoms with E-state index in [9.17, 15) is 9.59 Å². The number of nitrogens with one attached hydrogen (secondary N) is 1. The van der Waals surface area contributed by atoms with Crippen LogP contribution in [-0.4, -0.2) is 25.0 Å². The fraction of sp³-hybridized carbons (Fsp3) is 0.800. The molecule has 4 heteroatoms. The molecule has 0 aromatic rings. The Morgan fingerprint density at radius 3 is 2.43 bits per heavy atom. The van der Waals surface area contributed by atoms with Gasteiger partial charge in [-0.25, -0.2) is 0 Å². The monoisotopic (exact) mass is 201 g/mol. The zero-order valence-electron chi connectivity index (χ0n) is 9.13. The van der Waals surface area contributed by atoms with E-state index in [2.05, 4.69) is 5.32 Å². The number of hydrogen-bond donors (Lipinski definition) is 1. The molecule has 0 saturated carbocycles. The fourth-order valence-electron chi connectivity index (χ4n) is 0.855. The van der Waals surface area contributed by atoms with Crippen LogP contribution in [0.25, 0.3) is 0 Å². The minimum atomic E-state index is -0.313. The smallest absolute Gasteiger partial charge is 0.306 e. The van der Waals surface area contributed by atoms with Gasteiger partial charge in [0.25, 0.3) is 0 Å². The Kier molecular flexibility index (Phi) is 6.80. The molecule has 0 aliphatic heterocycles. The molecule has 0 aliphatic carbocycles. The molecule has 0 bridgehead atoms. The Balaban J connectivity index is 3.48. The second kappa shape index (κ2) is 7.35. The summed E-state index contributed by atoms with van der Waals surface area (Å²) in [6.45, 7) is 6.81. The topological polar surface area (TPSA) is 55.4 Å². The number of rotatable bonds is 6. The zero-order valence-corrected chi connectivity index (χ0v) is 9.13. The van der Waals surface area contributed by atoms with Crippen molar-refractivity contribution in [2.45, 2.75) is 33.6 Å². The number of hydrogen-bond acceptors (Lipinski definition) is 3. The normalized spacial score (nSPS) is 10.0. The molecule has 0 unspecified atom stereocenters. The first-order valence-corrected chi connectivity index (χ1v) is 4.98. The van der Waals surface area contributed by atoms with E-state index in [1.165, 1.54) is 0 Å². The summed E-state index contributed by atoms with van der Waals surface area (Å²) in [5.41, 5.74) is 0. The highest BCUT2D eigenvalue weighted by molar-refractivity contribution is 5.81. The van der Waals surface area contributed by atoms with Crippen molar-refractivity contribution in [3.05, 3.63) is 0 Å². The number of carbonyl (C=O) groups is 2. The van der Waals surface area contributed by atoms with Gasteiger partial charge in [-0.1, -0.05) is 13.8 Å². The lowest BCUT2D eigenvalue weighted by Gasteiger charge is -2.06. The Labute approximate surface area is 85.0 Å². The van der Waals surface area contributed by atoms with Crippen molar-refractivity contribution < 1.29 is 14.3 Å². The molecular formula is C10H19NO3. The lowest BCUT2D eigenvalue weighted by Crippen LogP contribution is -2.27. The third-order valence-corrected chi connectivity index (χ3v) is 1.57. The average molecular weight is 201 g/mol. The van der Waals surface area contributed by atoms with Gasteiger partial charge in [-0.15, -0.1) is 0 Å². The van der Waals surface area contributed by atoms with Gasteiger partial charge in [0.15, 0.2) is 0 Å². The maximum atomic E-state index is 11.1. The van der Waals surface area contributed by atoms with Gasteiger partial charge in [0, 0.05) is 13.0 Å². The Morgan fingerprint density at radius 2 is 1.93 bits per heavy atom. The van der Waals surface area contributed by atoms with Gasteiger partial charge < -0.3 is 10.1 Å². The highest BCUT2D eigenvalue weighted by atomic mass is 16.5. The molecule has 14 heavy (non-hydrogen) atoms. The van der Waals surface area contributed by atoms with Crippen molar-refractivity contribution in [2.75, 3.05) is 13.2 Å². The van der Waals surface area contributed by atoms with Crippen LogP contribution in [0.3, 0.4) is 0 Å². The van der Waals surface area contributed by atoms with Crippen LogP contribution in [-0.2, 0) is 14.3 Å². The highest BCUT2D eigenvalue weighted by Gasteiger charge is 2.07. The molecule has 4 nitrogen and oxygen atoms in total. The predicted octanol–water partition coefficient (Wildman–Crippen LogP) is 1.10. The predicted molar refractivity (Wildman–Crippen MR) is 53.7 cm³/mol. The molecule has 82 valence electrons. The second-order valence-electron chi connectivity index (χ2n) is 3.50. The Hall–Kier alpha value is -1.06. The van der Waals surface area contributed by atoms with E-state index >= 15 is 0 Å². The summed E-state index contributed by atoms with van der Waals surface area (Å²) in [6, 6.07) is 0. The summed E-state index contributed by atoms with van der Waals surface area (Å²) in [4.78, 5) is 22.0. The van der Waals surface area contributed by atoms with Crippen LogP contribution in [0.4, 0.5) is 0 Å². The van der Waals surface area contributed by atoms with Crippen LogP contribution in [0.5, 0.6) is 0 Å². The number of esters is 1. The number of ether oxygens (including phenoxy) is 1. The molecule has 0 aromatic heterocycles. The standard InChI is InChI=1S/C10H19NO3/c1-4-14-10(13)6-5-9(12)11-7-8(2)3/h8H,4-7H2,1-3H3,(H,11,12). The van der Waals surface area contributed by atoms with E-state index in [0.29, 0.717) is 19.1 Å². The third kappa shape index (κ3) is 7.58. The first-order chi connectivity index (χ1) is 6.56. The maximum absolute atomic E-state index is 11.1. The van der Waals surface area contributed by atoms with Crippen LogP contribution in [0.15, 0.2) is 0 Å². The van der Waals surface area contributed by atoms with Crippen LogP contribution < -0.4 is 5.32 Å². The number of amides is 1. The molecule has 0 aliphatic rings. The van der Waals surface area contributed by atoms with Gasteiger partial charge in [0.05, 0.1) is 13.0 Å². The SMILES string of the molecule is CCOC(=O)CCC(=O)NCC(C)C. The summed E-state index contributed by atoms with van der Waals surface area (Å²) >= 11 is 0. The molecule has 0 spiro atoms. The van der Waals surface area contributed by atoms with Gasteiger partial charge in [-0.05, 0) is 12.8 Å². The third-order valence-electron chi connectivity index (χ3n) is 1.57. The molecule has 0 rings (SSSR count). The van der Waals surface area contributed by atoms with Crippen molar-refractivity contribution in [3.63, 3.8) is 0 Å². The van der Waals surface area contributed by atoms with E-state index < -0.39 is 0 Å². The minimum Gasteiger partial charge on any atom is -0.466 e. The second-order valence-corrected chi connectivity index (χ2v) is 3.50. The van der Waals surface area contributed by atoms with E-state index in [1.54, 1.807) is 6.92 Å². The van der Waals surface area contributed by atoms with Crippen LogP contribution >= 0.6 is 0 Å². The molecule has 1 N–H and O–H groups in total. The Morgan fingerprint density at radius 1 is 1.29 bits per heavy atom. The van der Waals surface area contributed by atoms with Crippen molar-refractivity contribution in [1.82, 2.24) is 5.32 Å². The molecule has 0 saturated heterocycles. The van der Waals surface area contributed by atoms with Crippen LogP contribution in [0, 0.1) is 5.92 Å². The summed E-state index contributed by atoms with van der Waals surface area (Å²) in [5.74, 6) is 0.0282. The summed E-state index contributed by atoms with van der Waals surface area (Å²) < 4.78 is 4.70. The lowest BCUT2D eigenvalue weighted by atomic mass is 10.2. The van der Waals surface area contributed by atoms with Crippen molar-refractivity contribution >= 4 is 11.9 Å². The van der Waals surface area contributed by atoms with E-state index in [0.717, 1.165) is 0 Å². The fourth-order valence-corrected chi connectivity index (χ4v) is 0.855. The molecule has 0 atom stereocenters. The summed E-state index contributed by atoms with van der Waals surface area (Å²) in [7, 11) is 0. The Bertz CT molecular complexity index is 190. The van der Waals surface area contributed by atoms with Crippen LogP contribution in [0.2, 0.25) is 0 Å². The lowest BCUT2D eigenvalue weighted by molar-refractivity contribution is -0.144. The van der Waals surface area contributed by atoms with Gasteiger partial charge in [0.2, 0.25) is 5.91 Å². The van der Waals surface area contributed by atoms with Gasteiger partial charge >= 0.3 is 5.97 Å². The van der Waals surface area contributed by atoms with Gasteiger partial charge in [-0.2, -0.15) is 0 Å². The first kappa shape index (κ1) is 12.9. The molecule has 0 heterocycles. The van der Waals surface area contributed by atoms with Crippen molar-refractivity contribution in [2.24, 2.45) is 5.92 Å². The highest BCUT2D eigenvalue weighted by Crippen LogP contribution is 1.94. The molecule has 0 radical (unpaired) electrons. The number of carbonyl (C=O) groups excluding carboxylic acids is 2. The zero-order chi connectivity index (χ0) is 11.0. The van der Waals surface area contributed by atoms with E-state index in [4.69, 9.17) is 4.74 Å². The molecule has 0 aromatic carbocycles. The first-order valence-electron chi connectivity index (χ1n) is 4.98. The summed E-state index contributed by atoms with van der Waals surface area (Å²) in [6.07, 6.45) is 0.378. The van der Waals surface area contributed by atoms with E-state index in [-0.39, 0.29) is 24.7 Å². The molecule has 0 fully saturated rings. The van der Waals surface area contributed by atoms with Crippen molar-refractivity contribution in [3.8, 4) is 0 Å². The van der Waals surface area contributed by atoms with E-state index in [1.807, 2.05) is 13.8 Å². The van der Waals surface area contributed by atoms with Gasteiger partial charge in [-0.3, -0.25) is 9.59 Å². The van der Waals surface area contributed by atoms with Gasteiger partial charge in [0.1, 0.15) is 0 Å². The average Bonchev–Trinajstić information content (AvgIpc) is 2.12. The maximum Gasteiger partial charge on any atom is 0.306 e. The minimum absolute atomic E-state index is 0.0910. The van der Waals surface area contributed by atoms with Crippen LogP contribution in [0.1, 0.15) is 33.6 Å². The van der Waals surface area contributed by atoms with Crippen molar-refractivity contribution in [1.29, 1.82) is 0 Å². The summed E-state index contributed by atoms with van der Waals surface area (Å²) in [5, 5.41) is 2.73.